The van der Waals surface area contributed by atoms with Crippen LogP contribution in [0, 0.1) is 0 Å². The van der Waals surface area contributed by atoms with Gasteiger partial charge in [-0.15, -0.1) is 0 Å². The first-order chi connectivity index (χ1) is 8.86. The molecule has 0 spiro atoms. The largest absolute Gasteiger partial charge is 0.480 e. The molecule has 3 N–H and O–H groups in total. The smallest absolute Gasteiger partial charge is 0.326 e. The van der Waals surface area contributed by atoms with Crippen LogP contribution < -0.4 is 10.6 Å². The van der Waals surface area contributed by atoms with E-state index in [4.69, 9.17) is 5.11 Å². The number of amides is 1. The highest BCUT2D eigenvalue weighted by Gasteiger charge is 2.23. The van der Waals surface area contributed by atoms with Gasteiger partial charge in [-0.2, -0.15) is 0 Å². The predicted molar refractivity (Wildman–Crippen MR) is 68.6 cm³/mol. The number of nitrogens with one attached hydrogen (secondary N) is 2. The first kappa shape index (κ1) is 17.4. The molecule has 0 aromatic rings. The maximum Gasteiger partial charge on any atom is 0.326 e. The van der Waals surface area contributed by atoms with Crippen molar-refractivity contribution in [1.82, 2.24) is 10.6 Å². The van der Waals surface area contributed by atoms with Crippen LogP contribution in [-0.4, -0.2) is 48.7 Å². The van der Waals surface area contributed by atoms with Crippen molar-refractivity contribution >= 4 is 17.8 Å². The molecule has 0 saturated heterocycles. The average Bonchev–Trinajstić information content (AvgIpc) is 2.33. The molecule has 0 fully saturated rings. The van der Waals surface area contributed by atoms with Gasteiger partial charge in [-0.1, -0.05) is 13.8 Å². The first-order valence-electron chi connectivity index (χ1n) is 6.19. The summed E-state index contributed by atoms with van der Waals surface area (Å²) >= 11 is 0. The molecule has 1 atom stereocenters. The van der Waals surface area contributed by atoms with Crippen molar-refractivity contribution in [3.05, 3.63) is 0 Å². The van der Waals surface area contributed by atoms with Gasteiger partial charge in [-0.05, 0) is 13.0 Å². The maximum absolute atomic E-state index is 11.5. The van der Waals surface area contributed by atoms with E-state index in [1.165, 1.54) is 7.11 Å². The summed E-state index contributed by atoms with van der Waals surface area (Å²) in [5.41, 5.74) is 0. The second-order valence-electron chi connectivity index (χ2n) is 4.45. The first-order valence-corrected chi connectivity index (χ1v) is 6.19. The van der Waals surface area contributed by atoms with E-state index in [0.717, 1.165) is 0 Å². The Kier molecular flexibility index (Phi) is 8.52. The predicted octanol–water partition coefficient (Wildman–Crippen LogP) is -0.103. The Bertz CT molecular complexity index is 317. The lowest BCUT2D eigenvalue weighted by molar-refractivity contribution is -0.148. The molecule has 0 aliphatic carbocycles. The zero-order valence-corrected chi connectivity index (χ0v) is 11.6. The Morgan fingerprint density at radius 2 is 1.89 bits per heavy atom. The second kappa shape index (κ2) is 9.32. The molecule has 0 aromatic carbocycles. The third kappa shape index (κ3) is 9.01. The molecule has 0 saturated carbocycles. The van der Waals surface area contributed by atoms with Crippen molar-refractivity contribution in [3.8, 4) is 0 Å². The fourth-order valence-electron chi connectivity index (χ4n) is 1.36. The monoisotopic (exact) mass is 274 g/mol. The lowest BCUT2D eigenvalue weighted by Gasteiger charge is -2.13. The van der Waals surface area contributed by atoms with E-state index in [1.807, 2.05) is 13.8 Å². The highest BCUT2D eigenvalue weighted by molar-refractivity contribution is 5.87. The zero-order chi connectivity index (χ0) is 14.8. The van der Waals surface area contributed by atoms with E-state index in [-0.39, 0.29) is 18.7 Å². The number of rotatable bonds is 9. The number of carboxylic acid groups (broad SMARTS) is 1. The minimum absolute atomic E-state index is 0.213. The number of hydrogen-bond acceptors (Lipinski definition) is 5. The number of esters is 1. The summed E-state index contributed by atoms with van der Waals surface area (Å²) in [5, 5.41) is 14.3. The van der Waals surface area contributed by atoms with Crippen LogP contribution in [0.2, 0.25) is 0 Å². The number of carboxylic acids is 1. The van der Waals surface area contributed by atoms with Gasteiger partial charge in [0.2, 0.25) is 5.91 Å². The van der Waals surface area contributed by atoms with E-state index < -0.39 is 18.0 Å². The second-order valence-corrected chi connectivity index (χ2v) is 4.45. The van der Waals surface area contributed by atoms with Crippen LogP contribution in [0.1, 0.15) is 33.1 Å². The molecule has 0 unspecified atom stereocenters. The van der Waals surface area contributed by atoms with Gasteiger partial charge in [0.1, 0.15) is 6.04 Å². The molecule has 7 heteroatoms. The lowest BCUT2D eigenvalue weighted by atomic mass is 10.2. The summed E-state index contributed by atoms with van der Waals surface area (Å²) in [6.07, 6.45) is 0.446. The number of hydrogen-bond donors (Lipinski definition) is 3. The topological polar surface area (TPSA) is 105 Å². The SMILES string of the molecule is COC(=O)C[C@H](NC(=O)CCCNC(C)C)C(=O)O. The van der Waals surface area contributed by atoms with Crippen LogP contribution in [0.5, 0.6) is 0 Å². The fraction of sp³-hybridized carbons (Fsp3) is 0.750. The van der Waals surface area contributed by atoms with Crippen LogP contribution in [0.3, 0.4) is 0 Å². The highest BCUT2D eigenvalue weighted by atomic mass is 16.5. The summed E-state index contributed by atoms with van der Waals surface area (Å²) < 4.78 is 4.37. The Morgan fingerprint density at radius 1 is 1.26 bits per heavy atom. The zero-order valence-electron chi connectivity index (χ0n) is 11.6. The summed E-state index contributed by atoms with van der Waals surface area (Å²) in [5.74, 6) is -2.31. The van der Waals surface area contributed by atoms with Crippen molar-refractivity contribution in [2.45, 2.75) is 45.2 Å². The van der Waals surface area contributed by atoms with Crippen molar-refractivity contribution in [1.29, 1.82) is 0 Å². The van der Waals surface area contributed by atoms with Crippen LogP contribution in [0.25, 0.3) is 0 Å². The Morgan fingerprint density at radius 3 is 2.37 bits per heavy atom. The maximum atomic E-state index is 11.5. The van der Waals surface area contributed by atoms with E-state index in [2.05, 4.69) is 15.4 Å². The van der Waals surface area contributed by atoms with Gasteiger partial charge in [0, 0.05) is 12.5 Å². The minimum Gasteiger partial charge on any atom is -0.480 e. The quantitative estimate of drug-likeness (QED) is 0.400. The molecule has 0 aliphatic heterocycles. The number of carbonyl (C=O) groups is 3. The molecule has 0 heterocycles. The molecule has 0 aliphatic rings. The third-order valence-corrected chi connectivity index (χ3v) is 2.36. The van der Waals surface area contributed by atoms with Gasteiger partial charge in [0.25, 0.3) is 0 Å². The van der Waals surface area contributed by atoms with Crippen LogP contribution in [-0.2, 0) is 19.1 Å². The van der Waals surface area contributed by atoms with Crippen LogP contribution >= 0.6 is 0 Å². The van der Waals surface area contributed by atoms with Gasteiger partial charge in [0.15, 0.2) is 0 Å². The molecule has 0 bridgehead atoms. The molecule has 0 aromatic heterocycles. The lowest BCUT2D eigenvalue weighted by Crippen LogP contribution is -2.42. The molecule has 1 amide bonds. The number of methoxy groups -OCH3 is 1. The summed E-state index contributed by atoms with van der Waals surface area (Å²) in [4.78, 5) is 33.4. The molecule has 0 rings (SSSR count). The van der Waals surface area contributed by atoms with Crippen LogP contribution in [0.4, 0.5) is 0 Å². The summed E-state index contributed by atoms with van der Waals surface area (Å²) in [6.45, 7) is 4.67. The molecule has 110 valence electrons. The van der Waals surface area contributed by atoms with Crippen molar-refractivity contribution in [2.75, 3.05) is 13.7 Å². The standard InChI is InChI=1S/C12H22N2O5/c1-8(2)13-6-4-5-10(15)14-9(12(17)18)7-11(16)19-3/h8-9,13H,4-7H2,1-3H3,(H,14,15)(H,17,18)/t9-/m0/s1. The summed E-state index contributed by atoms with van der Waals surface area (Å²) in [6, 6.07) is -0.896. The molecular formula is C12H22N2O5. The summed E-state index contributed by atoms with van der Waals surface area (Å²) in [7, 11) is 1.17. The van der Waals surface area contributed by atoms with Gasteiger partial charge >= 0.3 is 11.9 Å². The molecule has 7 nitrogen and oxygen atoms in total. The molecule has 19 heavy (non-hydrogen) atoms. The average molecular weight is 274 g/mol. The normalized spacial score (nSPS) is 12.0. The van der Waals surface area contributed by atoms with Gasteiger partial charge in [0.05, 0.1) is 13.5 Å². The Labute approximate surface area is 112 Å². The van der Waals surface area contributed by atoms with E-state index >= 15 is 0 Å². The van der Waals surface area contributed by atoms with Gasteiger partial charge in [-0.25, -0.2) is 4.79 Å². The Hall–Kier alpha value is -1.63. The Balaban J connectivity index is 4.04. The third-order valence-electron chi connectivity index (χ3n) is 2.36. The van der Waals surface area contributed by atoms with Crippen molar-refractivity contribution in [3.63, 3.8) is 0 Å². The van der Waals surface area contributed by atoms with Crippen molar-refractivity contribution < 1.29 is 24.2 Å². The van der Waals surface area contributed by atoms with E-state index in [9.17, 15) is 14.4 Å². The number of carbonyl (C=O) groups excluding carboxylic acids is 2. The molecule has 0 radical (unpaired) electrons. The van der Waals surface area contributed by atoms with E-state index in [1.54, 1.807) is 0 Å². The van der Waals surface area contributed by atoms with Crippen LogP contribution in [0.15, 0.2) is 0 Å². The highest BCUT2D eigenvalue weighted by Crippen LogP contribution is 1.97. The fourth-order valence-corrected chi connectivity index (χ4v) is 1.36. The van der Waals surface area contributed by atoms with Crippen molar-refractivity contribution in [2.24, 2.45) is 0 Å². The van der Waals surface area contributed by atoms with Gasteiger partial charge in [-0.3, -0.25) is 9.59 Å². The number of aliphatic carboxylic acids is 1. The minimum atomic E-state index is -1.25. The number of ether oxygens (including phenoxy) is 1. The van der Waals surface area contributed by atoms with E-state index in [0.29, 0.717) is 19.0 Å². The molecular weight excluding hydrogens is 252 g/mol. The van der Waals surface area contributed by atoms with Gasteiger partial charge < -0.3 is 20.5 Å².